The molecule has 2 fully saturated rings. The second-order valence-corrected chi connectivity index (χ2v) is 7.72. The quantitative estimate of drug-likeness (QED) is 0.710. The lowest BCUT2D eigenvalue weighted by Gasteiger charge is -2.38. The highest BCUT2D eigenvalue weighted by Crippen LogP contribution is 2.23. The smallest absolute Gasteiger partial charge is 0.254 e. The van der Waals surface area contributed by atoms with E-state index in [0.717, 1.165) is 5.56 Å². The Morgan fingerprint density at radius 2 is 1.89 bits per heavy atom. The number of fused-ring (bicyclic) bond motifs is 1. The van der Waals surface area contributed by atoms with Gasteiger partial charge in [-0.2, -0.15) is 0 Å². The Hall–Kier alpha value is -2.00. The zero-order valence-electron chi connectivity index (χ0n) is 15.9. The molecule has 0 unspecified atom stereocenters. The maximum atomic E-state index is 13.0. The van der Waals surface area contributed by atoms with Crippen molar-refractivity contribution in [1.82, 2.24) is 14.7 Å². The van der Waals surface area contributed by atoms with Gasteiger partial charge in [0.15, 0.2) is 0 Å². The summed E-state index contributed by atoms with van der Waals surface area (Å²) in [6.45, 7) is 3.63. The molecule has 1 aromatic carbocycles. The number of hydrogen-bond donors (Lipinski definition) is 2. The molecule has 0 spiro atoms. The summed E-state index contributed by atoms with van der Waals surface area (Å²) < 4.78 is 5.38. The first kappa shape index (κ1) is 19.3. The second kappa shape index (κ2) is 8.16. The number of aliphatic hydroxyl groups excluding tert-OH is 2. The van der Waals surface area contributed by atoms with Crippen molar-refractivity contribution >= 4 is 11.8 Å². The zero-order chi connectivity index (χ0) is 19.7. The fourth-order valence-electron chi connectivity index (χ4n) is 4.31. The maximum absolute atomic E-state index is 13.0. The van der Waals surface area contributed by atoms with Crippen molar-refractivity contribution in [2.75, 3.05) is 45.9 Å². The summed E-state index contributed by atoms with van der Waals surface area (Å²) in [5.74, 6) is -0.274. The van der Waals surface area contributed by atoms with E-state index < -0.39 is 12.2 Å². The number of likely N-dealkylation sites (tertiary alicyclic amines) is 1. The third-order valence-electron chi connectivity index (χ3n) is 5.98. The summed E-state index contributed by atoms with van der Waals surface area (Å²) >= 11 is 0. The van der Waals surface area contributed by atoms with Crippen LogP contribution in [0.25, 0.3) is 0 Å². The van der Waals surface area contributed by atoms with Gasteiger partial charge in [0.25, 0.3) is 5.91 Å². The monoisotopic (exact) mass is 389 g/mol. The predicted octanol–water partition coefficient (Wildman–Crippen LogP) is -0.703. The van der Waals surface area contributed by atoms with Crippen molar-refractivity contribution in [2.24, 2.45) is 0 Å². The van der Waals surface area contributed by atoms with Gasteiger partial charge in [-0.05, 0) is 18.1 Å². The molecule has 8 nitrogen and oxygen atoms in total. The van der Waals surface area contributed by atoms with Crippen LogP contribution in [0.5, 0.6) is 0 Å². The fourth-order valence-corrected chi connectivity index (χ4v) is 4.31. The fraction of sp³-hybridized carbons (Fsp3) is 0.600. The van der Waals surface area contributed by atoms with E-state index >= 15 is 0 Å². The van der Waals surface area contributed by atoms with Crippen LogP contribution in [0.15, 0.2) is 24.3 Å². The van der Waals surface area contributed by atoms with Crippen LogP contribution >= 0.6 is 0 Å². The van der Waals surface area contributed by atoms with Crippen molar-refractivity contribution in [2.45, 2.75) is 31.2 Å². The number of morpholine rings is 1. The van der Waals surface area contributed by atoms with Crippen LogP contribution in [0.4, 0.5) is 0 Å². The van der Waals surface area contributed by atoms with Crippen LogP contribution in [0.2, 0.25) is 0 Å². The van der Waals surface area contributed by atoms with E-state index in [4.69, 9.17) is 4.74 Å². The molecule has 1 aromatic rings. The van der Waals surface area contributed by atoms with Crippen molar-refractivity contribution in [3.05, 3.63) is 35.4 Å². The van der Waals surface area contributed by atoms with Gasteiger partial charge in [0.1, 0.15) is 6.54 Å². The Morgan fingerprint density at radius 3 is 2.64 bits per heavy atom. The molecule has 0 aromatic heterocycles. The molecule has 2 N–H and O–H groups in total. The lowest BCUT2D eigenvalue weighted by molar-refractivity contribution is -0.133. The van der Waals surface area contributed by atoms with E-state index in [1.807, 2.05) is 18.2 Å². The number of ether oxygens (including phenoxy) is 1. The Kier molecular flexibility index (Phi) is 5.63. The summed E-state index contributed by atoms with van der Waals surface area (Å²) in [5.41, 5.74) is 1.59. The summed E-state index contributed by atoms with van der Waals surface area (Å²) in [7, 11) is 0. The Balaban J connectivity index is 1.44. The van der Waals surface area contributed by atoms with Crippen LogP contribution in [0.3, 0.4) is 0 Å². The molecule has 152 valence electrons. The summed E-state index contributed by atoms with van der Waals surface area (Å²) in [4.78, 5) is 30.8. The molecule has 2 saturated heterocycles. The first-order chi connectivity index (χ1) is 13.5. The summed E-state index contributed by atoms with van der Waals surface area (Å²) in [5, 5.41) is 20.9. The highest BCUT2D eigenvalue weighted by atomic mass is 16.5. The van der Waals surface area contributed by atoms with Gasteiger partial charge >= 0.3 is 0 Å². The molecule has 3 heterocycles. The SMILES string of the molecule is O=C(CN1Cc2ccccc2C1=O)N1CC[C@@H](O)[C@@H](O)[C@H](N2CCOCC2)C1. The highest BCUT2D eigenvalue weighted by molar-refractivity contribution is 6.00. The van der Waals surface area contributed by atoms with Gasteiger partial charge in [-0.3, -0.25) is 14.5 Å². The zero-order valence-corrected chi connectivity index (χ0v) is 15.9. The number of benzene rings is 1. The van der Waals surface area contributed by atoms with Gasteiger partial charge < -0.3 is 24.7 Å². The van der Waals surface area contributed by atoms with E-state index in [0.29, 0.717) is 57.9 Å². The topological polar surface area (TPSA) is 93.6 Å². The lowest BCUT2D eigenvalue weighted by Crippen LogP contribution is -2.56. The van der Waals surface area contributed by atoms with Gasteiger partial charge in [-0.25, -0.2) is 0 Å². The molecule has 0 radical (unpaired) electrons. The van der Waals surface area contributed by atoms with Crippen LogP contribution in [0.1, 0.15) is 22.3 Å². The molecular formula is C20H27N3O5. The molecule has 0 saturated carbocycles. The van der Waals surface area contributed by atoms with Gasteiger partial charge in [-0.15, -0.1) is 0 Å². The number of hydrogen-bond acceptors (Lipinski definition) is 6. The maximum Gasteiger partial charge on any atom is 0.254 e. The molecule has 2 amide bonds. The Morgan fingerprint density at radius 1 is 1.14 bits per heavy atom. The molecule has 8 heteroatoms. The van der Waals surface area contributed by atoms with Gasteiger partial charge in [0.2, 0.25) is 5.91 Å². The number of nitrogens with zero attached hydrogens (tertiary/aromatic N) is 3. The molecule has 3 atom stereocenters. The summed E-state index contributed by atoms with van der Waals surface area (Å²) in [6, 6.07) is 7.08. The lowest BCUT2D eigenvalue weighted by atomic mass is 10.0. The van der Waals surface area contributed by atoms with E-state index in [-0.39, 0.29) is 24.4 Å². The number of carbonyl (C=O) groups is 2. The second-order valence-electron chi connectivity index (χ2n) is 7.72. The van der Waals surface area contributed by atoms with E-state index in [1.54, 1.807) is 15.9 Å². The average molecular weight is 389 g/mol. The minimum absolute atomic E-state index is 0.00946. The van der Waals surface area contributed by atoms with Crippen molar-refractivity contribution < 1.29 is 24.5 Å². The number of amides is 2. The van der Waals surface area contributed by atoms with E-state index in [1.165, 1.54) is 0 Å². The van der Waals surface area contributed by atoms with E-state index in [2.05, 4.69) is 4.90 Å². The number of carbonyl (C=O) groups excluding carboxylic acids is 2. The van der Waals surface area contributed by atoms with Crippen LogP contribution < -0.4 is 0 Å². The molecular weight excluding hydrogens is 362 g/mol. The predicted molar refractivity (Wildman–Crippen MR) is 101 cm³/mol. The molecule has 4 rings (SSSR count). The molecule has 3 aliphatic heterocycles. The normalized spacial score (nSPS) is 28.9. The first-order valence-corrected chi connectivity index (χ1v) is 9.87. The average Bonchev–Trinajstić information content (AvgIpc) is 2.94. The largest absolute Gasteiger partial charge is 0.390 e. The minimum Gasteiger partial charge on any atom is -0.390 e. The standard InChI is InChI=1S/C20H27N3O5/c24-17-5-6-22(12-16(19(17)26)21-7-9-28-10-8-21)18(25)13-23-11-14-3-1-2-4-15(14)20(23)27/h1-4,16-17,19,24,26H,5-13H2/t16-,17-,19+/m1/s1. The highest BCUT2D eigenvalue weighted by Gasteiger charge is 2.38. The Labute approximate surface area is 164 Å². The van der Waals surface area contributed by atoms with Crippen molar-refractivity contribution in [3.63, 3.8) is 0 Å². The Bertz CT molecular complexity index is 736. The molecule has 0 bridgehead atoms. The van der Waals surface area contributed by atoms with Crippen molar-refractivity contribution in [1.29, 1.82) is 0 Å². The van der Waals surface area contributed by atoms with Gasteiger partial charge in [-0.1, -0.05) is 18.2 Å². The molecule has 28 heavy (non-hydrogen) atoms. The van der Waals surface area contributed by atoms with Crippen molar-refractivity contribution in [3.8, 4) is 0 Å². The third kappa shape index (κ3) is 3.77. The van der Waals surface area contributed by atoms with Crippen LogP contribution in [-0.4, -0.2) is 101 Å². The number of rotatable bonds is 3. The minimum atomic E-state index is -0.909. The molecule has 3 aliphatic rings. The van der Waals surface area contributed by atoms with Crippen LogP contribution in [0, 0.1) is 0 Å². The summed E-state index contributed by atoms with van der Waals surface area (Å²) in [6.07, 6.45) is -1.46. The van der Waals surface area contributed by atoms with E-state index in [9.17, 15) is 19.8 Å². The third-order valence-corrected chi connectivity index (χ3v) is 5.98. The molecule has 0 aliphatic carbocycles. The van der Waals surface area contributed by atoms with Crippen LogP contribution in [-0.2, 0) is 16.1 Å². The first-order valence-electron chi connectivity index (χ1n) is 9.87. The number of aliphatic hydroxyl groups is 2. The van der Waals surface area contributed by atoms with Gasteiger partial charge in [0.05, 0.1) is 31.5 Å². The van der Waals surface area contributed by atoms with Gasteiger partial charge in [0, 0.05) is 38.3 Å².